The summed E-state index contributed by atoms with van der Waals surface area (Å²) < 4.78 is 6.17. The summed E-state index contributed by atoms with van der Waals surface area (Å²) in [6.45, 7) is 10.5. The van der Waals surface area contributed by atoms with Crippen LogP contribution in [0, 0.1) is 57.3 Å². The number of nitrogens with zero attached hydrogens (tertiary/aromatic N) is 10. The number of unbranched alkanes of at least 4 members (excludes halogenated alkanes) is 1. The Labute approximate surface area is 450 Å². The van der Waals surface area contributed by atoms with Crippen molar-refractivity contribution >= 4 is 51.2 Å². The predicted molar refractivity (Wildman–Crippen MR) is 278 cm³/mol. The fourth-order valence-corrected chi connectivity index (χ4v) is 8.77. The van der Waals surface area contributed by atoms with Gasteiger partial charge in [-0.05, 0) is 81.9 Å². The Balaban J connectivity index is 0.000000173. The van der Waals surface area contributed by atoms with Crippen molar-refractivity contribution in [1.29, 1.82) is 0 Å². The number of hydrogen-bond acceptors (Lipinski definition) is 11. The van der Waals surface area contributed by atoms with Crippen LogP contribution in [-0.4, -0.2) is 40.1 Å². The second-order valence-corrected chi connectivity index (χ2v) is 16.9. The average Bonchev–Trinajstić information content (AvgIpc) is 4.10. The molecule has 0 bridgehead atoms. The molecule has 3 aliphatic rings. The molecule has 0 N–H and O–H groups in total. The first-order valence-electron chi connectivity index (χ1n) is 23.2. The summed E-state index contributed by atoms with van der Waals surface area (Å²) in [6, 6.07) is 70.3. The summed E-state index contributed by atoms with van der Waals surface area (Å²) in [5.41, 5.74) is 14.4. The molecular weight excluding hydrogens is 1250 g/mol. The molecule has 0 aliphatic carbocycles. The molecule has 11 nitrogen and oxygen atoms in total. The van der Waals surface area contributed by atoms with Crippen molar-refractivity contribution in [3.63, 3.8) is 0 Å². The minimum Gasteiger partial charge on any atom is -0.504 e. The fraction of sp³-hybridized carbons (Fsp3) is 0.102. The van der Waals surface area contributed by atoms with E-state index >= 15 is 0 Å². The number of para-hydroxylation sites is 8. The van der Waals surface area contributed by atoms with Gasteiger partial charge in [-0.15, -0.1) is 40.8 Å². The number of ether oxygens (including phenoxy) is 1. The molecule has 0 atom stereocenters. The Morgan fingerprint density at radius 1 is 0.514 bits per heavy atom. The van der Waals surface area contributed by atoms with Crippen LogP contribution in [0.5, 0.6) is 11.6 Å². The summed E-state index contributed by atoms with van der Waals surface area (Å²) in [5, 5.41) is 0. The minimum absolute atomic E-state index is 0. The van der Waals surface area contributed by atoms with E-state index in [9.17, 15) is 0 Å². The average molecular weight is 1300 g/mol. The van der Waals surface area contributed by atoms with Crippen LogP contribution in [-0.2, 0) is 41.2 Å². The molecule has 13 heteroatoms. The third kappa shape index (κ3) is 10.8. The monoisotopic (exact) mass is 1300 g/mol. The molecule has 0 saturated carbocycles. The van der Waals surface area contributed by atoms with E-state index in [0.29, 0.717) is 17.1 Å². The van der Waals surface area contributed by atoms with Crippen LogP contribution in [0.15, 0.2) is 177 Å². The van der Waals surface area contributed by atoms with E-state index in [1.54, 1.807) is 0 Å². The van der Waals surface area contributed by atoms with Crippen molar-refractivity contribution in [3.8, 4) is 34.1 Å². The summed E-state index contributed by atoms with van der Waals surface area (Å²) in [6.07, 6.45) is 6.59. The molecule has 0 unspecified atom stereocenters. The maximum atomic E-state index is 6.17. The standard InChI is InChI=1S/C30H26N4.C29H20N6O.Ir.Pt/c1-3-13-25(14-4-1)33-23-31(27-17-7-9-19-29(27)33)21-11-12-22-32-24-34(26-15-5-2-6-16-26)30-20-10-8-18-28(30)32;1-20-7-9-21(10-8-20)22-13-23(35-19-34(2)27-5-3-4-6-28(27)35)15-24(14-22)36-29-16-26(32-18-33-29)25-11-12-30-17-31-25;;/h1-10,13,15,17-20,23-24H,11-12,21-22H2;3-10,12-14,17-19H,1-2H3;;/q2*-4;;. The number of fused-ring (bicyclic) bond motifs is 3. The number of aryl methyl sites for hydroxylation is 1. The van der Waals surface area contributed by atoms with Crippen LogP contribution in [0.2, 0.25) is 0 Å². The van der Waals surface area contributed by atoms with Gasteiger partial charge in [0.05, 0.1) is 12.7 Å². The number of rotatable bonds is 12. The Morgan fingerprint density at radius 2 is 1.06 bits per heavy atom. The molecule has 7 aromatic carbocycles. The topological polar surface area (TPSA) is 80.2 Å². The molecule has 0 amide bonds. The van der Waals surface area contributed by atoms with Gasteiger partial charge in [-0.1, -0.05) is 72.4 Å². The van der Waals surface area contributed by atoms with Crippen molar-refractivity contribution in [2.24, 2.45) is 0 Å². The summed E-state index contributed by atoms with van der Waals surface area (Å²) in [4.78, 5) is 30.0. The number of benzene rings is 7. The van der Waals surface area contributed by atoms with Crippen molar-refractivity contribution in [3.05, 3.63) is 232 Å². The fourth-order valence-electron chi connectivity index (χ4n) is 8.77. The van der Waals surface area contributed by atoms with Crippen molar-refractivity contribution in [1.82, 2.24) is 19.9 Å². The van der Waals surface area contributed by atoms with E-state index in [1.807, 2.05) is 56.2 Å². The molecule has 12 rings (SSSR count). The Bertz CT molecular complexity index is 3110. The maximum absolute atomic E-state index is 6.17. The predicted octanol–water partition coefficient (Wildman–Crippen LogP) is 12.7. The van der Waals surface area contributed by atoms with E-state index < -0.39 is 0 Å². The van der Waals surface area contributed by atoms with Gasteiger partial charge in [0.15, 0.2) is 0 Å². The van der Waals surface area contributed by atoms with Gasteiger partial charge in [0.1, 0.15) is 5.88 Å². The van der Waals surface area contributed by atoms with Gasteiger partial charge in [-0.25, -0.2) is 16.4 Å². The van der Waals surface area contributed by atoms with Crippen LogP contribution in [0.1, 0.15) is 18.4 Å². The largest absolute Gasteiger partial charge is 0.504 e. The van der Waals surface area contributed by atoms with Gasteiger partial charge < -0.3 is 50.2 Å². The van der Waals surface area contributed by atoms with Gasteiger partial charge in [0.25, 0.3) is 0 Å². The smallest absolute Gasteiger partial charge is 0.109 e. The van der Waals surface area contributed by atoms with Crippen LogP contribution in [0.4, 0.5) is 51.2 Å². The number of aromatic nitrogens is 4. The Morgan fingerprint density at radius 3 is 1.62 bits per heavy atom. The second-order valence-electron chi connectivity index (χ2n) is 16.9. The summed E-state index contributed by atoms with van der Waals surface area (Å²) in [7, 11) is 2.03. The second kappa shape index (κ2) is 22.8. The number of hydrogen-bond donors (Lipinski definition) is 0. The molecule has 365 valence electrons. The van der Waals surface area contributed by atoms with Crippen LogP contribution in [0.25, 0.3) is 22.5 Å². The number of anilines is 9. The first-order chi connectivity index (χ1) is 34.5. The molecule has 0 spiro atoms. The van der Waals surface area contributed by atoms with Crippen LogP contribution >= 0.6 is 0 Å². The molecule has 0 saturated heterocycles. The van der Waals surface area contributed by atoms with E-state index in [1.165, 1.54) is 47.2 Å². The molecule has 9 aromatic rings. The molecule has 72 heavy (non-hydrogen) atoms. The van der Waals surface area contributed by atoms with Gasteiger partial charge in [0, 0.05) is 81.0 Å². The third-order valence-corrected chi connectivity index (χ3v) is 12.2. The Hall–Kier alpha value is -7.36. The SMILES string of the molecule is Cc1ccc(-c2cc(Oc3[c-]c(-c4[c-]cncn4)ncn3)[c-]c(N3[CH-]N(C)c4ccccc43)c2)cc1.[Ir].[Pt].[c-]1ccccc1N1[CH-]N(CCCCN2[CH-]N(c3[c-]cccc3)c3ccccc32)c2ccccc21. The molecule has 0 fully saturated rings. The van der Waals surface area contributed by atoms with E-state index in [4.69, 9.17) is 4.74 Å². The van der Waals surface area contributed by atoms with Crippen LogP contribution < -0.4 is 34.1 Å². The zero-order valence-corrected chi connectivity index (χ0v) is 44.0. The van der Waals surface area contributed by atoms with Gasteiger partial charge >= 0.3 is 0 Å². The summed E-state index contributed by atoms with van der Waals surface area (Å²) in [5.74, 6) is 0.772. The van der Waals surface area contributed by atoms with Crippen molar-refractivity contribution in [2.45, 2.75) is 19.8 Å². The van der Waals surface area contributed by atoms with Gasteiger partial charge in [-0.3, -0.25) is 11.1 Å². The van der Waals surface area contributed by atoms with Crippen molar-refractivity contribution < 1.29 is 45.9 Å². The van der Waals surface area contributed by atoms with Crippen molar-refractivity contribution in [2.75, 3.05) is 49.5 Å². The normalized spacial score (nSPS) is 13.1. The minimum atomic E-state index is 0. The van der Waals surface area contributed by atoms with Gasteiger partial charge in [0.2, 0.25) is 0 Å². The third-order valence-electron chi connectivity index (χ3n) is 12.2. The zero-order chi connectivity index (χ0) is 47.2. The zero-order valence-electron chi connectivity index (χ0n) is 39.3. The summed E-state index contributed by atoms with van der Waals surface area (Å²) >= 11 is 0. The molecule has 3 aliphatic heterocycles. The maximum Gasteiger partial charge on any atom is 0.109 e. The molecule has 1 radical (unpaired) electrons. The first-order valence-corrected chi connectivity index (χ1v) is 23.2. The molecular formula is C59H46IrN10OPt-8. The molecule has 2 aromatic heterocycles. The van der Waals surface area contributed by atoms with Crippen LogP contribution in [0.3, 0.4) is 0 Å². The van der Waals surface area contributed by atoms with E-state index in [-0.39, 0.29) is 47.1 Å². The van der Waals surface area contributed by atoms with Gasteiger partial charge in [-0.2, -0.15) is 80.7 Å². The first kappa shape index (κ1) is 49.6. The van der Waals surface area contributed by atoms with E-state index in [0.717, 1.165) is 65.5 Å². The Kier molecular flexibility index (Phi) is 15.7. The quantitative estimate of drug-likeness (QED) is 0.0867. The van der Waals surface area contributed by atoms with E-state index in [2.05, 4.69) is 215 Å². The molecule has 5 heterocycles.